The topological polar surface area (TPSA) is 93.9 Å². The number of fused-ring (bicyclic) bond motifs is 2. The highest BCUT2D eigenvalue weighted by atomic mass is 16.5. The number of nitrogens with zero attached hydrogens (tertiary/aromatic N) is 1. The Morgan fingerprint density at radius 1 is 0.966 bits per heavy atom. The molecule has 0 unspecified atom stereocenters. The lowest BCUT2D eigenvalue weighted by Crippen LogP contribution is -2.54. The van der Waals surface area contributed by atoms with Crippen LogP contribution in [0.1, 0.15) is 40.1 Å². The van der Waals surface area contributed by atoms with Crippen LogP contribution in [0.5, 0.6) is 5.75 Å². The highest BCUT2D eigenvalue weighted by molar-refractivity contribution is 6.23. The van der Waals surface area contributed by atoms with Gasteiger partial charge in [0.15, 0.2) is 0 Å². The van der Waals surface area contributed by atoms with Crippen LogP contribution in [0.2, 0.25) is 0 Å². The molecule has 2 amide bonds. The number of ether oxygens (including phenoxy) is 1. The van der Waals surface area contributed by atoms with E-state index in [1.165, 1.54) is 26.0 Å². The number of aryl methyl sites for hydroxylation is 1. The molecule has 3 aromatic rings. The van der Waals surface area contributed by atoms with Crippen molar-refractivity contribution in [3.05, 3.63) is 75.6 Å². The van der Waals surface area contributed by atoms with E-state index in [-0.39, 0.29) is 22.5 Å². The Hall–Kier alpha value is -3.74. The van der Waals surface area contributed by atoms with Gasteiger partial charge in [-0.2, -0.15) is 0 Å². The second-order valence-electron chi connectivity index (χ2n) is 7.35. The van der Waals surface area contributed by atoms with E-state index < -0.39 is 28.9 Å². The van der Waals surface area contributed by atoms with Crippen LogP contribution in [-0.4, -0.2) is 28.2 Å². The van der Waals surface area contributed by atoms with Gasteiger partial charge >= 0.3 is 11.6 Å². The van der Waals surface area contributed by atoms with Crippen molar-refractivity contribution in [1.82, 2.24) is 4.90 Å². The van der Waals surface area contributed by atoms with Crippen molar-refractivity contribution in [3.8, 4) is 5.75 Å². The predicted octanol–water partition coefficient (Wildman–Crippen LogP) is 3.08. The van der Waals surface area contributed by atoms with Crippen LogP contribution in [0.4, 0.5) is 0 Å². The first-order valence-electron chi connectivity index (χ1n) is 8.95. The number of hydrogen-bond donors (Lipinski definition) is 0. The predicted molar refractivity (Wildman–Crippen MR) is 104 cm³/mol. The minimum absolute atomic E-state index is 0.140. The SMILES string of the molecule is Cc1cc(=O)oc2cc(OC(=O)C(C)(C)N3C(=O)c4ccccc4C3=O)ccc12. The molecule has 29 heavy (non-hydrogen) atoms. The number of carbonyl (C=O) groups is 3. The van der Waals surface area contributed by atoms with Gasteiger partial charge < -0.3 is 9.15 Å². The third-order valence-electron chi connectivity index (χ3n) is 4.99. The quantitative estimate of drug-likeness (QED) is 0.295. The summed E-state index contributed by atoms with van der Waals surface area (Å²) < 4.78 is 10.6. The first-order chi connectivity index (χ1) is 13.7. The molecule has 0 aliphatic carbocycles. The van der Waals surface area contributed by atoms with Crippen LogP contribution in [0.25, 0.3) is 11.0 Å². The molecule has 0 N–H and O–H groups in total. The number of esters is 1. The van der Waals surface area contributed by atoms with E-state index in [0.717, 1.165) is 10.5 Å². The molecule has 4 rings (SSSR count). The summed E-state index contributed by atoms with van der Waals surface area (Å²) in [6, 6.07) is 12.4. The van der Waals surface area contributed by atoms with E-state index in [0.29, 0.717) is 5.39 Å². The van der Waals surface area contributed by atoms with Crippen molar-refractivity contribution >= 4 is 28.8 Å². The minimum Gasteiger partial charge on any atom is -0.425 e. The number of hydrogen-bond acceptors (Lipinski definition) is 6. The van der Waals surface area contributed by atoms with Gasteiger partial charge in [-0.25, -0.2) is 9.59 Å². The maximum absolute atomic E-state index is 12.9. The van der Waals surface area contributed by atoms with Gasteiger partial charge in [-0.05, 0) is 50.6 Å². The van der Waals surface area contributed by atoms with Crippen molar-refractivity contribution in [2.24, 2.45) is 0 Å². The molecule has 146 valence electrons. The molecule has 0 saturated carbocycles. The van der Waals surface area contributed by atoms with Gasteiger partial charge in [0.1, 0.15) is 16.9 Å². The van der Waals surface area contributed by atoms with Gasteiger partial charge in [0.05, 0.1) is 11.1 Å². The van der Waals surface area contributed by atoms with Crippen LogP contribution in [-0.2, 0) is 4.79 Å². The third kappa shape index (κ3) is 2.91. The van der Waals surface area contributed by atoms with E-state index in [1.807, 2.05) is 0 Å². The number of benzene rings is 2. The van der Waals surface area contributed by atoms with Gasteiger partial charge in [0, 0.05) is 17.5 Å². The summed E-state index contributed by atoms with van der Waals surface area (Å²) in [7, 11) is 0. The number of amides is 2. The van der Waals surface area contributed by atoms with Crippen LogP contribution in [0.3, 0.4) is 0 Å². The summed E-state index contributed by atoms with van der Waals surface area (Å²) in [5.74, 6) is -1.75. The van der Waals surface area contributed by atoms with Gasteiger partial charge in [-0.1, -0.05) is 12.1 Å². The molecule has 0 spiro atoms. The average Bonchev–Trinajstić information content (AvgIpc) is 2.92. The second-order valence-corrected chi connectivity index (χ2v) is 7.35. The highest BCUT2D eigenvalue weighted by Gasteiger charge is 2.49. The molecule has 1 aliphatic rings. The summed E-state index contributed by atoms with van der Waals surface area (Å²) in [4.78, 5) is 50.8. The lowest BCUT2D eigenvalue weighted by atomic mass is 10.0. The summed E-state index contributed by atoms with van der Waals surface area (Å²) in [5.41, 5.74) is -0.540. The van der Waals surface area contributed by atoms with Crippen LogP contribution in [0, 0.1) is 6.92 Å². The zero-order valence-electron chi connectivity index (χ0n) is 16.0. The molecule has 0 saturated heterocycles. The van der Waals surface area contributed by atoms with Crippen LogP contribution in [0.15, 0.2) is 57.7 Å². The molecule has 2 aromatic carbocycles. The standard InChI is InChI=1S/C22H17NO6/c1-12-10-18(24)29-17-11-13(8-9-14(12)17)28-21(27)22(2,3)23-19(25)15-6-4-5-7-16(15)20(23)26/h4-11H,1-3H3. The Bertz CT molecular complexity index is 1220. The Kier molecular flexibility index (Phi) is 4.11. The lowest BCUT2D eigenvalue weighted by molar-refractivity contribution is -0.143. The molecular formula is C22H17NO6. The Balaban J connectivity index is 1.64. The monoisotopic (exact) mass is 391 g/mol. The number of rotatable bonds is 3. The van der Waals surface area contributed by atoms with E-state index >= 15 is 0 Å². The van der Waals surface area contributed by atoms with Gasteiger partial charge in [0.2, 0.25) is 0 Å². The largest absolute Gasteiger partial charge is 0.425 e. The summed E-state index contributed by atoms with van der Waals surface area (Å²) >= 11 is 0. The molecule has 7 nitrogen and oxygen atoms in total. The molecular weight excluding hydrogens is 374 g/mol. The Morgan fingerprint density at radius 2 is 1.59 bits per heavy atom. The third-order valence-corrected chi connectivity index (χ3v) is 4.99. The van der Waals surface area contributed by atoms with Gasteiger partial charge in [0.25, 0.3) is 11.8 Å². The average molecular weight is 391 g/mol. The van der Waals surface area contributed by atoms with Crippen LogP contribution < -0.4 is 10.4 Å². The molecule has 0 atom stereocenters. The Labute approximate surface area is 165 Å². The minimum atomic E-state index is -1.55. The fraction of sp³-hybridized carbons (Fsp3) is 0.182. The smallest absolute Gasteiger partial charge is 0.337 e. The lowest BCUT2D eigenvalue weighted by Gasteiger charge is -2.31. The molecule has 1 aromatic heterocycles. The normalized spacial score (nSPS) is 13.7. The molecule has 1 aliphatic heterocycles. The van der Waals surface area contributed by atoms with Gasteiger partial charge in [-0.3, -0.25) is 14.5 Å². The van der Waals surface area contributed by atoms with Gasteiger partial charge in [-0.15, -0.1) is 0 Å². The molecule has 7 heteroatoms. The molecule has 0 radical (unpaired) electrons. The first kappa shape index (κ1) is 18.6. The fourth-order valence-electron chi connectivity index (χ4n) is 3.39. The Morgan fingerprint density at radius 3 is 2.21 bits per heavy atom. The second kappa shape index (κ2) is 6.41. The van der Waals surface area contributed by atoms with E-state index in [1.54, 1.807) is 43.3 Å². The van der Waals surface area contributed by atoms with Crippen molar-refractivity contribution in [3.63, 3.8) is 0 Å². The van der Waals surface area contributed by atoms with Crippen molar-refractivity contribution in [1.29, 1.82) is 0 Å². The maximum Gasteiger partial charge on any atom is 0.337 e. The molecule has 2 heterocycles. The van der Waals surface area contributed by atoms with Crippen molar-refractivity contribution < 1.29 is 23.5 Å². The number of carbonyl (C=O) groups excluding carboxylic acids is 3. The van der Waals surface area contributed by atoms with Crippen molar-refractivity contribution in [2.45, 2.75) is 26.3 Å². The van der Waals surface area contributed by atoms with E-state index in [4.69, 9.17) is 9.15 Å². The maximum atomic E-state index is 12.9. The summed E-state index contributed by atoms with van der Waals surface area (Å²) in [5, 5.41) is 0.712. The fourth-order valence-corrected chi connectivity index (χ4v) is 3.39. The van der Waals surface area contributed by atoms with E-state index in [2.05, 4.69) is 0 Å². The zero-order chi connectivity index (χ0) is 20.9. The zero-order valence-corrected chi connectivity index (χ0v) is 16.0. The van der Waals surface area contributed by atoms with Crippen molar-refractivity contribution in [2.75, 3.05) is 0 Å². The summed E-state index contributed by atoms with van der Waals surface area (Å²) in [6.45, 7) is 4.67. The molecule has 0 fully saturated rings. The first-order valence-corrected chi connectivity index (χ1v) is 8.95. The van der Waals surface area contributed by atoms with E-state index in [9.17, 15) is 19.2 Å². The highest BCUT2D eigenvalue weighted by Crippen LogP contribution is 2.31. The molecule has 0 bridgehead atoms. The van der Waals surface area contributed by atoms with Crippen LogP contribution >= 0.6 is 0 Å². The summed E-state index contributed by atoms with van der Waals surface area (Å²) in [6.07, 6.45) is 0. The number of imide groups is 1.